The monoisotopic (exact) mass is 398 g/mol. The van der Waals surface area contributed by atoms with Gasteiger partial charge in [-0.25, -0.2) is 4.21 Å². The molecule has 0 amide bonds. The smallest absolute Gasteiger partial charge is 0.258 e. The van der Waals surface area contributed by atoms with Crippen LogP contribution in [0.2, 0.25) is 0 Å². The molecule has 0 fully saturated rings. The lowest BCUT2D eigenvalue weighted by atomic mass is 10.2. The van der Waals surface area contributed by atoms with Crippen LogP contribution in [0.4, 0.5) is 18.9 Å². The Hall–Kier alpha value is -2.46. The third-order valence-electron chi connectivity index (χ3n) is 3.37. The van der Waals surface area contributed by atoms with Crippen LogP contribution in [0.1, 0.15) is 0 Å². The molecule has 3 rings (SSSR count). The number of aromatic nitrogens is 1. The van der Waals surface area contributed by atoms with E-state index >= 15 is 0 Å². The van der Waals surface area contributed by atoms with E-state index in [2.05, 4.69) is 4.98 Å². The third kappa shape index (κ3) is 3.70. The maximum atomic E-state index is 12.6. The normalized spacial score (nSPS) is 12.9. The van der Waals surface area contributed by atoms with Gasteiger partial charge in [0.1, 0.15) is 0 Å². The highest BCUT2D eigenvalue weighted by molar-refractivity contribution is 7.99. The van der Waals surface area contributed by atoms with Gasteiger partial charge in [-0.1, -0.05) is 30.0 Å². The maximum Gasteiger partial charge on any atom is 0.475 e. The number of halogens is 3. The highest BCUT2D eigenvalue weighted by Gasteiger charge is 2.38. The molecule has 3 aromatic rings. The summed E-state index contributed by atoms with van der Waals surface area (Å²) >= 11 is 1.02. The Balaban J connectivity index is 2.05. The molecule has 0 saturated heterocycles. The lowest BCUT2D eigenvalue weighted by molar-refractivity contribution is -0.388. The number of para-hydroxylation sites is 1. The molecule has 1 heterocycles. The molecule has 5 nitrogen and oxygen atoms in total. The maximum absolute atomic E-state index is 12.6. The van der Waals surface area contributed by atoms with Gasteiger partial charge < -0.3 is 0 Å². The number of nitro benzene ring substituents is 1. The number of nitro groups is 1. The summed E-state index contributed by atoms with van der Waals surface area (Å²) in [7, 11) is -3.33. The fraction of sp³-hybridized carbons (Fsp3) is 0.0625. The Bertz CT molecular complexity index is 1020. The van der Waals surface area contributed by atoms with Crippen LogP contribution in [0.5, 0.6) is 0 Å². The van der Waals surface area contributed by atoms with Crippen molar-refractivity contribution in [1.29, 1.82) is 0 Å². The Kier molecular flexibility index (Phi) is 4.97. The lowest BCUT2D eigenvalue weighted by Gasteiger charge is -2.09. The van der Waals surface area contributed by atoms with E-state index in [1.807, 2.05) is 12.1 Å². The van der Waals surface area contributed by atoms with Gasteiger partial charge in [-0.15, -0.1) is 0 Å². The Morgan fingerprint density at radius 1 is 1.08 bits per heavy atom. The molecule has 0 spiro atoms. The van der Waals surface area contributed by atoms with Gasteiger partial charge in [0.25, 0.3) is 5.69 Å². The van der Waals surface area contributed by atoms with E-state index in [-0.39, 0.29) is 4.90 Å². The van der Waals surface area contributed by atoms with Gasteiger partial charge in [-0.05, 0) is 24.3 Å². The number of hydrogen-bond acceptors (Lipinski definition) is 5. The zero-order chi connectivity index (χ0) is 18.9. The molecule has 26 heavy (non-hydrogen) atoms. The fourth-order valence-corrected chi connectivity index (χ4v) is 3.95. The molecule has 0 aliphatic carbocycles. The molecular weight excluding hydrogens is 389 g/mol. The largest absolute Gasteiger partial charge is 0.475 e. The van der Waals surface area contributed by atoms with Crippen LogP contribution in [0, 0.1) is 10.1 Å². The first-order valence-electron chi connectivity index (χ1n) is 7.06. The number of hydrogen-bond donors (Lipinski definition) is 0. The quantitative estimate of drug-likeness (QED) is 0.461. The second-order valence-corrected chi connectivity index (χ2v) is 7.59. The first kappa shape index (κ1) is 18.3. The molecule has 0 unspecified atom stereocenters. The topological polar surface area (TPSA) is 73.1 Å². The van der Waals surface area contributed by atoms with Gasteiger partial charge in [0.2, 0.25) is 0 Å². The summed E-state index contributed by atoms with van der Waals surface area (Å²) in [6.45, 7) is 0. The van der Waals surface area contributed by atoms with Crippen LogP contribution in [0.15, 0.2) is 69.4 Å². The first-order valence-corrected chi connectivity index (χ1v) is 9.02. The van der Waals surface area contributed by atoms with Crippen molar-refractivity contribution >= 4 is 39.2 Å². The molecule has 0 radical (unpaired) electrons. The van der Waals surface area contributed by atoms with Crippen molar-refractivity contribution in [2.45, 2.75) is 20.2 Å². The standard InChI is InChI=1S/C16H9F3N2O3S2/c17-16(18,19)26(24)11-6-7-13(12(9-11)21(22)23)25-14-5-1-3-10-4-2-8-20-15(10)14/h1-9H/t26-/m0/s1. The molecule has 0 aliphatic heterocycles. The van der Waals surface area contributed by atoms with Gasteiger partial charge >= 0.3 is 5.51 Å². The minimum Gasteiger partial charge on any atom is -0.258 e. The number of benzene rings is 2. The molecule has 0 saturated carbocycles. The van der Waals surface area contributed by atoms with E-state index in [1.165, 1.54) is 6.07 Å². The van der Waals surface area contributed by atoms with Crippen molar-refractivity contribution in [3.05, 3.63) is 64.8 Å². The first-order chi connectivity index (χ1) is 12.3. The van der Waals surface area contributed by atoms with Crippen molar-refractivity contribution in [3.63, 3.8) is 0 Å². The van der Waals surface area contributed by atoms with Crippen LogP contribution < -0.4 is 0 Å². The van der Waals surface area contributed by atoms with Crippen LogP contribution in [-0.4, -0.2) is 19.6 Å². The third-order valence-corrected chi connectivity index (χ3v) is 5.58. The average molecular weight is 398 g/mol. The molecule has 2 aromatic carbocycles. The summed E-state index contributed by atoms with van der Waals surface area (Å²) in [5.74, 6) is 0. The number of pyridine rings is 1. The van der Waals surface area contributed by atoms with Crippen LogP contribution in [0.3, 0.4) is 0 Å². The van der Waals surface area contributed by atoms with Crippen LogP contribution in [0.25, 0.3) is 10.9 Å². The van der Waals surface area contributed by atoms with E-state index in [0.717, 1.165) is 23.2 Å². The number of rotatable bonds is 4. The summed E-state index contributed by atoms with van der Waals surface area (Å²) in [6, 6.07) is 11.7. The summed E-state index contributed by atoms with van der Waals surface area (Å²) in [5, 5.41) is 12.1. The number of alkyl halides is 3. The summed E-state index contributed by atoms with van der Waals surface area (Å²) in [6.07, 6.45) is 1.58. The fourth-order valence-electron chi connectivity index (χ4n) is 2.25. The molecule has 0 N–H and O–H groups in total. The van der Waals surface area contributed by atoms with Crippen LogP contribution in [-0.2, 0) is 10.8 Å². The van der Waals surface area contributed by atoms with Crippen LogP contribution >= 0.6 is 11.8 Å². The van der Waals surface area contributed by atoms with Crippen molar-refractivity contribution in [2.75, 3.05) is 0 Å². The zero-order valence-electron chi connectivity index (χ0n) is 12.8. The van der Waals surface area contributed by atoms with E-state index in [0.29, 0.717) is 16.5 Å². The second kappa shape index (κ2) is 7.04. The van der Waals surface area contributed by atoms with Gasteiger partial charge in [0.15, 0.2) is 10.8 Å². The molecule has 134 valence electrons. The lowest BCUT2D eigenvalue weighted by Crippen LogP contribution is -2.16. The summed E-state index contributed by atoms with van der Waals surface area (Å²) < 4.78 is 49.3. The molecule has 0 bridgehead atoms. The van der Waals surface area contributed by atoms with Gasteiger partial charge in [-0.3, -0.25) is 15.1 Å². The van der Waals surface area contributed by atoms with Crippen molar-refractivity contribution in [3.8, 4) is 0 Å². The molecule has 10 heteroatoms. The Labute approximate surface area is 151 Å². The molecule has 1 aromatic heterocycles. The van der Waals surface area contributed by atoms with Crippen molar-refractivity contribution < 1.29 is 22.3 Å². The van der Waals surface area contributed by atoms with Crippen molar-refractivity contribution in [2.24, 2.45) is 0 Å². The van der Waals surface area contributed by atoms with Gasteiger partial charge in [-0.2, -0.15) is 13.2 Å². The molecule has 1 atom stereocenters. The highest BCUT2D eigenvalue weighted by Crippen LogP contribution is 2.39. The molecular formula is C16H9F3N2O3S2. The van der Waals surface area contributed by atoms with E-state index in [1.54, 1.807) is 24.4 Å². The molecule has 0 aliphatic rings. The van der Waals surface area contributed by atoms with Gasteiger partial charge in [0.05, 0.1) is 20.2 Å². The number of nitrogens with zero attached hydrogens (tertiary/aromatic N) is 2. The Morgan fingerprint density at radius 2 is 1.81 bits per heavy atom. The number of fused-ring (bicyclic) bond motifs is 1. The average Bonchev–Trinajstić information content (AvgIpc) is 2.61. The van der Waals surface area contributed by atoms with Crippen molar-refractivity contribution in [1.82, 2.24) is 4.98 Å². The second-order valence-electron chi connectivity index (χ2n) is 5.03. The summed E-state index contributed by atoms with van der Waals surface area (Å²) in [5.41, 5.74) is -4.91. The zero-order valence-corrected chi connectivity index (χ0v) is 14.4. The summed E-state index contributed by atoms with van der Waals surface area (Å²) in [4.78, 5) is 14.8. The Morgan fingerprint density at radius 3 is 2.50 bits per heavy atom. The minimum absolute atomic E-state index is 0.135. The van der Waals surface area contributed by atoms with E-state index in [9.17, 15) is 27.5 Å². The highest BCUT2D eigenvalue weighted by atomic mass is 32.2. The predicted molar refractivity (Wildman–Crippen MR) is 91.4 cm³/mol. The SMILES string of the molecule is O=[N+]([O-])c1cc([S@](=O)C(F)(F)F)ccc1Sc1cccc2cccnc12. The minimum atomic E-state index is -4.98. The van der Waals surface area contributed by atoms with E-state index in [4.69, 9.17) is 0 Å². The predicted octanol–water partition coefficient (Wildman–Crippen LogP) is 4.92. The van der Waals surface area contributed by atoms with Gasteiger partial charge in [0, 0.05) is 22.5 Å². The van der Waals surface area contributed by atoms with E-state index < -0.39 is 31.8 Å².